The van der Waals surface area contributed by atoms with Crippen LogP contribution in [0.3, 0.4) is 0 Å². The second kappa shape index (κ2) is 12.9. The second-order valence-electron chi connectivity index (χ2n) is 10.2. The Morgan fingerprint density at radius 1 is 1.07 bits per heavy atom. The van der Waals surface area contributed by atoms with E-state index in [1.807, 2.05) is 104 Å². The number of amides is 1. The third-order valence-electron chi connectivity index (χ3n) is 7.28. The van der Waals surface area contributed by atoms with Crippen LogP contribution in [0.2, 0.25) is 0 Å². The van der Waals surface area contributed by atoms with Crippen LogP contribution in [-0.4, -0.2) is 17.6 Å². The molecule has 3 aromatic carbocycles. The van der Waals surface area contributed by atoms with Crippen molar-refractivity contribution in [2.45, 2.75) is 26.5 Å². The molecule has 2 aromatic heterocycles. The van der Waals surface area contributed by atoms with E-state index < -0.39 is 6.04 Å². The molecule has 0 saturated heterocycles. The lowest BCUT2D eigenvalue weighted by Crippen LogP contribution is -2.40. The van der Waals surface area contributed by atoms with Crippen molar-refractivity contribution in [3.63, 3.8) is 0 Å². The number of carbonyl (C=O) groups is 1. The number of allylic oxidation sites excluding steroid dienone is 1. The van der Waals surface area contributed by atoms with Crippen LogP contribution in [0.25, 0.3) is 6.08 Å². The molecule has 0 spiro atoms. The molecule has 1 aliphatic rings. The Balaban J connectivity index is 1.38. The molecule has 10 heteroatoms. The van der Waals surface area contributed by atoms with Gasteiger partial charge in [0, 0.05) is 19.7 Å². The zero-order valence-corrected chi connectivity index (χ0v) is 28.0. The molecule has 0 saturated carbocycles. The normalized spacial score (nSPS) is 14.6. The Bertz CT molecular complexity index is 2060. The number of rotatable bonds is 8. The highest BCUT2D eigenvalue weighted by Crippen LogP contribution is 2.33. The summed E-state index contributed by atoms with van der Waals surface area (Å²) in [7, 11) is 1.63. The molecule has 1 atom stereocenters. The third-order valence-corrected chi connectivity index (χ3v) is 9.91. The van der Waals surface area contributed by atoms with E-state index in [1.54, 1.807) is 11.7 Å². The van der Waals surface area contributed by atoms with E-state index in [0.717, 1.165) is 36.6 Å². The molecule has 222 valence electrons. The SMILES string of the molecule is COc1ccc(/C=c2/sc3n(c2=O)[C@H](c2cccs2)C(C(=O)Nc2ccccc2C)=C(C)N=3)cc1COc1ccc(I)cc1. The maximum atomic E-state index is 14.0. The first-order valence-electron chi connectivity index (χ1n) is 13.8. The number of thiophene rings is 1. The summed E-state index contributed by atoms with van der Waals surface area (Å²) in [6.45, 7) is 4.08. The molecule has 5 aromatic rings. The van der Waals surface area contributed by atoms with Crippen LogP contribution in [-0.2, 0) is 11.4 Å². The van der Waals surface area contributed by atoms with Gasteiger partial charge in [-0.3, -0.25) is 14.2 Å². The van der Waals surface area contributed by atoms with Crippen molar-refractivity contribution in [1.82, 2.24) is 4.57 Å². The van der Waals surface area contributed by atoms with Crippen LogP contribution in [0.1, 0.15) is 34.5 Å². The monoisotopic (exact) mass is 733 g/mol. The van der Waals surface area contributed by atoms with Gasteiger partial charge in [-0.1, -0.05) is 41.7 Å². The summed E-state index contributed by atoms with van der Waals surface area (Å²) in [6, 6.07) is 24.5. The number of ether oxygens (including phenoxy) is 2. The van der Waals surface area contributed by atoms with E-state index in [1.165, 1.54) is 22.7 Å². The Kier molecular flexibility index (Phi) is 8.83. The van der Waals surface area contributed by atoms with Crippen LogP contribution in [0.15, 0.2) is 105 Å². The maximum absolute atomic E-state index is 14.0. The molecular weight excluding hydrogens is 705 g/mol. The lowest BCUT2D eigenvalue weighted by atomic mass is 10.0. The van der Waals surface area contributed by atoms with Gasteiger partial charge >= 0.3 is 0 Å². The number of hydrogen-bond acceptors (Lipinski definition) is 7. The Labute approximate surface area is 276 Å². The van der Waals surface area contributed by atoms with Gasteiger partial charge in [0.05, 0.1) is 22.9 Å². The molecule has 1 N–H and O–H groups in total. The first kappa shape index (κ1) is 30.0. The minimum atomic E-state index is -0.592. The molecule has 0 fully saturated rings. The van der Waals surface area contributed by atoms with E-state index in [0.29, 0.717) is 33.0 Å². The number of aromatic nitrogens is 1. The topological polar surface area (TPSA) is 81.9 Å². The highest BCUT2D eigenvalue weighted by atomic mass is 127. The number of para-hydroxylation sites is 1. The summed E-state index contributed by atoms with van der Waals surface area (Å²) in [5.74, 6) is 1.19. The minimum absolute atomic E-state index is 0.201. The number of anilines is 1. The van der Waals surface area contributed by atoms with E-state index >= 15 is 0 Å². The predicted molar refractivity (Wildman–Crippen MR) is 184 cm³/mol. The highest BCUT2D eigenvalue weighted by Gasteiger charge is 2.33. The predicted octanol–water partition coefficient (Wildman–Crippen LogP) is 6.44. The molecule has 44 heavy (non-hydrogen) atoms. The average molecular weight is 734 g/mol. The van der Waals surface area contributed by atoms with Crippen molar-refractivity contribution in [1.29, 1.82) is 0 Å². The number of nitrogens with one attached hydrogen (secondary N) is 1. The highest BCUT2D eigenvalue weighted by molar-refractivity contribution is 14.1. The zero-order valence-electron chi connectivity index (χ0n) is 24.2. The summed E-state index contributed by atoms with van der Waals surface area (Å²) in [5.41, 5.74) is 4.20. The van der Waals surface area contributed by atoms with Gasteiger partial charge in [-0.25, -0.2) is 4.99 Å². The number of halogens is 1. The van der Waals surface area contributed by atoms with Crippen molar-refractivity contribution in [3.8, 4) is 11.5 Å². The van der Waals surface area contributed by atoms with Crippen molar-refractivity contribution in [2.24, 2.45) is 4.99 Å². The number of aryl methyl sites for hydroxylation is 1. The molecule has 3 heterocycles. The van der Waals surface area contributed by atoms with Crippen LogP contribution >= 0.6 is 45.3 Å². The third kappa shape index (κ3) is 6.15. The van der Waals surface area contributed by atoms with Crippen molar-refractivity contribution in [2.75, 3.05) is 12.4 Å². The number of benzene rings is 3. The number of fused-ring (bicyclic) bond motifs is 1. The molecule has 1 aliphatic heterocycles. The summed E-state index contributed by atoms with van der Waals surface area (Å²) >= 11 is 5.08. The fraction of sp³-hybridized carbons (Fsp3) is 0.147. The molecule has 0 bridgehead atoms. The first-order valence-corrected chi connectivity index (χ1v) is 16.6. The van der Waals surface area contributed by atoms with Crippen molar-refractivity contribution >= 4 is 62.9 Å². The van der Waals surface area contributed by atoms with E-state index in [2.05, 4.69) is 27.9 Å². The van der Waals surface area contributed by atoms with Crippen molar-refractivity contribution < 1.29 is 14.3 Å². The fourth-order valence-corrected chi connectivity index (χ4v) is 7.30. The maximum Gasteiger partial charge on any atom is 0.271 e. The van der Waals surface area contributed by atoms with Gasteiger partial charge in [-0.15, -0.1) is 11.3 Å². The van der Waals surface area contributed by atoms with Crippen molar-refractivity contribution in [3.05, 3.63) is 140 Å². The lowest BCUT2D eigenvalue weighted by molar-refractivity contribution is -0.113. The zero-order chi connectivity index (χ0) is 30.8. The molecular formula is C34H28IN3O4S2. The second-order valence-corrected chi connectivity index (χ2v) is 13.4. The molecule has 6 rings (SSSR count). The molecule has 0 radical (unpaired) electrons. The van der Waals surface area contributed by atoms with Crippen LogP contribution in [0.5, 0.6) is 11.5 Å². The van der Waals surface area contributed by atoms with Crippen LogP contribution in [0.4, 0.5) is 5.69 Å². The molecule has 7 nitrogen and oxygen atoms in total. The number of hydrogen-bond donors (Lipinski definition) is 1. The Morgan fingerprint density at radius 2 is 1.86 bits per heavy atom. The standard InChI is InChI=1S/C34H28IN3O4S2/c1-20-7-4-5-8-26(20)37-32(39)30-21(2)36-34-38(31(30)28-9-6-16-43-28)33(40)29(44-34)18-22-10-15-27(41-3)23(17-22)19-42-25-13-11-24(35)12-14-25/h4-18,31H,19H2,1-3H3,(H,37,39)/b29-18+/t31-/m1/s1. The van der Waals surface area contributed by atoms with Gasteiger partial charge in [-0.2, -0.15) is 0 Å². The van der Waals surface area contributed by atoms with Gasteiger partial charge in [0.1, 0.15) is 24.1 Å². The van der Waals surface area contributed by atoms with Gasteiger partial charge < -0.3 is 14.8 Å². The first-order chi connectivity index (χ1) is 21.3. The summed E-state index contributed by atoms with van der Waals surface area (Å²) < 4.78 is 14.9. The minimum Gasteiger partial charge on any atom is -0.496 e. The molecule has 1 amide bonds. The van der Waals surface area contributed by atoms with Gasteiger partial charge in [0.15, 0.2) is 4.80 Å². The largest absolute Gasteiger partial charge is 0.496 e. The smallest absolute Gasteiger partial charge is 0.271 e. The van der Waals surface area contributed by atoms with Gasteiger partial charge in [-0.05, 0) is 108 Å². The molecule has 0 unspecified atom stereocenters. The number of nitrogens with zero attached hydrogens (tertiary/aromatic N) is 2. The number of thiazole rings is 1. The van der Waals surface area contributed by atoms with Gasteiger partial charge in [0.25, 0.3) is 11.5 Å². The van der Waals surface area contributed by atoms with Gasteiger partial charge in [0.2, 0.25) is 0 Å². The van der Waals surface area contributed by atoms with Crippen LogP contribution in [0, 0.1) is 10.5 Å². The van der Waals surface area contributed by atoms with E-state index in [4.69, 9.17) is 14.5 Å². The molecule has 0 aliphatic carbocycles. The fourth-order valence-electron chi connectivity index (χ4n) is 5.07. The van der Waals surface area contributed by atoms with E-state index in [9.17, 15) is 9.59 Å². The Hall–Kier alpha value is -4.00. The summed E-state index contributed by atoms with van der Waals surface area (Å²) in [5, 5.41) is 5.00. The number of methoxy groups -OCH3 is 1. The summed E-state index contributed by atoms with van der Waals surface area (Å²) in [6.07, 6.45) is 1.86. The number of carbonyl (C=O) groups excluding carboxylic acids is 1. The Morgan fingerprint density at radius 3 is 2.59 bits per heavy atom. The quantitative estimate of drug-likeness (QED) is 0.187. The lowest BCUT2D eigenvalue weighted by Gasteiger charge is -2.24. The summed E-state index contributed by atoms with van der Waals surface area (Å²) in [4.78, 5) is 34.0. The van der Waals surface area contributed by atoms with E-state index in [-0.39, 0.29) is 11.5 Å². The van der Waals surface area contributed by atoms with Crippen LogP contribution < -0.4 is 29.7 Å². The average Bonchev–Trinajstić information content (AvgIpc) is 3.66.